The van der Waals surface area contributed by atoms with Gasteiger partial charge in [-0.15, -0.1) is 0 Å². The standard InChI is InChI=1S/C13H22N2O3/c1-9(8-12(16)17)7-11-14-10(15-18-11)5-6-13(2,3)4/h9H,5-8H2,1-4H3,(H,16,17). The molecular formula is C13H22N2O3. The van der Waals surface area contributed by atoms with Crippen molar-refractivity contribution in [3.63, 3.8) is 0 Å². The normalized spacial score (nSPS) is 13.6. The quantitative estimate of drug-likeness (QED) is 0.844. The van der Waals surface area contributed by atoms with Crippen molar-refractivity contribution in [1.29, 1.82) is 0 Å². The van der Waals surface area contributed by atoms with Gasteiger partial charge in [0.25, 0.3) is 0 Å². The van der Waals surface area contributed by atoms with E-state index < -0.39 is 5.97 Å². The maximum Gasteiger partial charge on any atom is 0.303 e. The van der Waals surface area contributed by atoms with E-state index in [1.807, 2.05) is 6.92 Å². The van der Waals surface area contributed by atoms with Crippen LogP contribution in [0.1, 0.15) is 52.3 Å². The zero-order chi connectivity index (χ0) is 13.8. The average Bonchev–Trinajstić information content (AvgIpc) is 2.60. The first-order valence-corrected chi connectivity index (χ1v) is 6.29. The van der Waals surface area contributed by atoms with Crippen molar-refractivity contribution in [2.24, 2.45) is 11.3 Å². The van der Waals surface area contributed by atoms with Crippen LogP contribution in [0.15, 0.2) is 4.52 Å². The van der Waals surface area contributed by atoms with Crippen LogP contribution < -0.4 is 0 Å². The molecule has 1 unspecified atom stereocenters. The van der Waals surface area contributed by atoms with E-state index in [9.17, 15) is 4.79 Å². The minimum atomic E-state index is -0.796. The Labute approximate surface area is 108 Å². The van der Waals surface area contributed by atoms with Crippen molar-refractivity contribution < 1.29 is 14.4 Å². The van der Waals surface area contributed by atoms with Gasteiger partial charge in [0.15, 0.2) is 5.82 Å². The third-order valence-electron chi connectivity index (χ3n) is 2.65. The predicted octanol–water partition coefficient (Wildman–Crippen LogP) is 2.70. The minimum Gasteiger partial charge on any atom is -0.481 e. The molecule has 5 nitrogen and oxygen atoms in total. The molecule has 1 N–H and O–H groups in total. The van der Waals surface area contributed by atoms with E-state index in [0.717, 1.165) is 12.8 Å². The number of aromatic nitrogens is 2. The van der Waals surface area contributed by atoms with Crippen LogP contribution in [-0.4, -0.2) is 21.2 Å². The summed E-state index contributed by atoms with van der Waals surface area (Å²) >= 11 is 0. The van der Waals surface area contributed by atoms with Gasteiger partial charge in [-0.1, -0.05) is 32.9 Å². The highest BCUT2D eigenvalue weighted by Gasteiger charge is 2.16. The third kappa shape index (κ3) is 5.80. The van der Waals surface area contributed by atoms with Crippen LogP contribution in [0.5, 0.6) is 0 Å². The largest absolute Gasteiger partial charge is 0.481 e. The fraction of sp³-hybridized carbons (Fsp3) is 0.769. The molecule has 0 aliphatic heterocycles. The summed E-state index contributed by atoms with van der Waals surface area (Å²) in [6.45, 7) is 8.38. The lowest BCUT2D eigenvalue weighted by Crippen LogP contribution is -2.08. The molecular weight excluding hydrogens is 232 g/mol. The molecule has 0 saturated heterocycles. The second-order valence-corrected chi connectivity index (χ2v) is 6.07. The van der Waals surface area contributed by atoms with Crippen LogP contribution in [0.25, 0.3) is 0 Å². The molecule has 1 aromatic heterocycles. The number of carboxylic acid groups (broad SMARTS) is 1. The van der Waals surface area contributed by atoms with Crippen molar-refractivity contribution in [3.8, 4) is 0 Å². The number of hydrogen-bond acceptors (Lipinski definition) is 4. The summed E-state index contributed by atoms with van der Waals surface area (Å²) in [7, 11) is 0. The maximum absolute atomic E-state index is 10.6. The first-order valence-electron chi connectivity index (χ1n) is 6.29. The Bertz CT molecular complexity index is 393. The number of carbonyl (C=O) groups is 1. The second kappa shape index (κ2) is 5.98. The number of aliphatic carboxylic acids is 1. The van der Waals surface area contributed by atoms with E-state index in [1.54, 1.807) is 0 Å². The Morgan fingerprint density at radius 2 is 2.11 bits per heavy atom. The molecule has 1 rings (SSSR count). The van der Waals surface area contributed by atoms with Crippen LogP contribution in [0, 0.1) is 11.3 Å². The zero-order valence-electron chi connectivity index (χ0n) is 11.6. The molecule has 18 heavy (non-hydrogen) atoms. The average molecular weight is 254 g/mol. The summed E-state index contributed by atoms with van der Waals surface area (Å²) in [4.78, 5) is 14.8. The molecule has 102 valence electrons. The van der Waals surface area contributed by atoms with Gasteiger partial charge in [0.2, 0.25) is 5.89 Å². The minimum absolute atomic E-state index is 0.0124. The Kier molecular flexibility index (Phi) is 4.87. The summed E-state index contributed by atoms with van der Waals surface area (Å²) < 4.78 is 5.13. The molecule has 1 heterocycles. The topological polar surface area (TPSA) is 76.2 Å². The summed E-state index contributed by atoms with van der Waals surface area (Å²) in [6, 6.07) is 0. The van der Waals surface area contributed by atoms with Gasteiger partial charge in [0, 0.05) is 19.3 Å². The van der Waals surface area contributed by atoms with Crippen LogP contribution in [0.2, 0.25) is 0 Å². The van der Waals surface area contributed by atoms with Crippen LogP contribution in [0.4, 0.5) is 0 Å². The van der Waals surface area contributed by atoms with Crippen molar-refractivity contribution in [2.75, 3.05) is 0 Å². The number of carboxylic acids is 1. The van der Waals surface area contributed by atoms with Crippen LogP contribution >= 0.6 is 0 Å². The van der Waals surface area contributed by atoms with Gasteiger partial charge in [-0.25, -0.2) is 0 Å². The fourth-order valence-electron chi connectivity index (χ4n) is 1.63. The highest BCUT2D eigenvalue weighted by atomic mass is 16.5. The van der Waals surface area contributed by atoms with Crippen molar-refractivity contribution in [1.82, 2.24) is 10.1 Å². The Morgan fingerprint density at radius 3 is 2.67 bits per heavy atom. The third-order valence-corrected chi connectivity index (χ3v) is 2.65. The van der Waals surface area contributed by atoms with E-state index >= 15 is 0 Å². The van der Waals surface area contributed by atoms with Crippen LogP contribution in [-0.2, 0) is 17.6 Å². The van der Waals surface area contributed by atoms with Gasteiger partial charge in [-0.2, -0.15) is 4.98 Å². The van der Waals surface area contributed by atoms with Gasteiger partial charge in [0.1, 0.15) is 0 Å². The number of aryl methyl sites for hydroxylation is 1. The monoisotopic (exact) mass is 254 g/mol. The zero-order valence-corrected chi connectivity index (χ0v) is 11.6. The summed E-state index contributed by atoms with van der Waals surface area (Å²) in [5.41, 5.74) is 0.247. The highest BCUT2D eigenvalue weighted by Crippen LogP contribution is 2.20. The van der Waals surface area contributed by atoms with Crippen molar-refractivity contribution in [3.05, 3.63) is 11.7 Å². The van der Waals surface area contributed by atoms with Gasteiger partial charge in [-0.05, 0) is 17.8 Å². The van der Waals surface area contributed by atoms with Gasteiger partial charge < -0.3 is 9.63 Å². The summed E-state index contributed by atoms with van der Waals surface area (Å²) in [5.74, 6) is 0.462. The lowest BCUT2D eigenvalue weighted by molar-refractivity contribution is -0.137. The summed E-state index contributed by atoms with van der Waals surface area (Å²) in [6.07, 6.45) is 2.44. The van der Waals surface area contributed by atoms with E-state index in [2.05, 4.69) is 30.9 Å². The van der Waals surface area contributed by atoms with E-state index in [0.29, 0.717) is 18.1 Å². The molecule has 1 atom stereocenters. The van der Waals surface area contributed by atoms with E-state index in [1.165, 1.54) is 0 Å². The lowest BCUT2D eigenvalue weighted by Gasteiger charge is -2.15. The lowest BCUT2D eigenvalue weighted by atomic mass is 9.90. The molecule has 0 aliphatic carbocycles. The fourth-order valence-corrected chi connectivity index (χ4v) is 1.63. The first kappa shape index (κ1) is 14.7. The number of nitrogens with zero attached hydrogens (tertiary/aromatic N) is 2. The maximum atomic E-state index is 10.6. The summed E-state index contributed by atoms with van der Waals surface area (Å²) in [5, 5.41) is 12.6. The van der Waals surface area contributed by atoms with Crippen LogP contribution in [0.3, 0.4) is 0 Å². The van der Waals surface area contributed by atoms with E-state index in [4.69, 9.17) is 9.63 Å². The van der Waals surface area contributed by atoms with Gasteiger partial charge in [0.05, 0.1) is 0 Å². The molecule has 0 aromatic carbocycles. The van der Waals surface area contributed by atoms with Crippen molar-refractivity contribution in [2.45, 2.75) is 53.4 Å². The first-order chi connectivity index (χ1) is 8.26. The Hall–Kier alpha value is -1.39. The number of rotatable bonds is 6. The van der Waals surface area contributed by atoms with Gasteiger partial charge in [-0.3, -0.25) is 4.79 Å². The Morgan fingerprint density at radius 1 is 1.44 bits per heavy atom. The molecule has 0 amide bonds. The molecule has 0 aliphatic rings. The predicted molar refractivity (Wildman–Crippen MR) is 67.2 cm³/mol. The second-order valence-electron chi connectivity index (χ2n) is 6.07. The molecule has 0 fully saturated rings. The molecule has 0 spiro atoms. The number of hydrogen-bond donors (Lipinski definition) is 1. The van der Waals surface area contributed by atoms with Gasteiger partial charge >= 0.3 is 5.97 Å². The molecule has 0 saturated carbocycles. The highest BCUT2D eigenvalue weighted by molar-refractivity contribution is 5.66. The molecule has 5 heteroatoms. The molecule has 0 bridgehead atoms. The van der Waals surface area contributed by atoms with E-state index in [-0.39, 0.29) is 17.8 Å². The Balaban J connectivity index is 2.45. The molecule has 0 radical (unpaired) electrons. The molecule has 1 aromatic rings. The van der Waals surface area contributed by atoms with Crippen molar-refractivity contribution >= 4 is 5.97 Å². The SMILES string of the molecule is CC(CC(=O)O)Cc1nc(CCC(C)(C)C)no1. The smallest absolute Gasteiger partial charge is 0.303 e.